The predicted molar refractivity (Wildman–Crippen MR) is 190 cm³/mol. The minimum atomic E-state index is -0.851. The molecule has 0 aliphatic heterocycles. The number of allylic oxidation sites excluding steroid dienone is 2. The van der Waals surface area contributed by atoms with E-state index in [2.05, 4.69) is 15.0 Å². The first-order valence-electron chi connectivity index (χ1n) is 18.3. The first-order chi connectivity index (χ1) is 25.1. The fourth-order valence-corrected chi connectivity index (χ4v) is 6.10. The van der Waals surface area contributed by atoms with Gasteiger partial charge in [-0.25, -0.2) is 0 Å². The van der Waals surface area contributed by atoms with Crippen LogP contribution in [0.15, 0.2) is 54.6 Å². The highest BCUT2D eigenvalue weighted by Gasteiger charge is 2.45. The lowest BCUT2D eigenvalue weighted by molar-refractivity contribution is -0.757. The van der Waals surface area contributed by atoms with Gasteiger partial charge in [0.2, 0.25) is 5.91 Å². The van der Waals surface area contributed by atoms with Gasteiger partial charge in [0.05, 0.1) is 19.3 Å². The molecule has 0 radical (unpaired) electrons. The molecule has 15 heteroatoms. The van der Waals surface area contributed by atoms with Gasteiger partial charge in [0, 0.05) is 44.1 Å². The van der Waals surface area contributed by atoms with Crippen LogP contribution in [0.1, 0.15) is 102 Å². The molecule has 1 aromatic rings. The first kappa shape index (κ1) is 43.6. The van der Waals surface area contributed by atoms with Crippen LogP contribution in [0.25, 0.3) is 0 Å². The smallest absolute Gasteiger partial charge is 0.306 e. The monoisotopic (exact) mass is 733 g/mol. The van der Waals surface area contributed by atoms with Gasteiger partial charge in [0.15, 0.2) is 0 Å². The molecule has 2 N–H and O–H groups in total. The van der Waals surface area contributed by atoms with Gasteiger partial charge >= 0.3 is 11.9 Å². The molecular weight excluding hydrogens is 678 g/mol. The summed E-state index contributed by atoms with van der Waals surface area (Å²) in [5.41, 5.74) is 1.10. The predicted octanol–water partition coefficient (Wildman–Crippen LogP) is 5.79. The SMILES string of the molecule is CCNC(=O)CCC/C=C\C[C@@H]1[C@@H](/C=C/[C@@H](O)CCc2ccccc2)[C@H](OC(=O)CCCCCO[N+](=O)[O-])C[C@@H]1OC(=O)CCCCCO[N+](=O)[O-]. The van der Waals surface area contributed by atoms with E-state index in [1.807, 2.05) is 55.5 Å². The molecule has 1 fully saturated rings. The summed E-state index contributed by atoms with van der Waals surface area (Å²) in [6.07, 6.45) is 12.3. The summed E-state index contributed by atoms with van der Waals surface area (Å²) < 4.78 is 12.0. The van der Waals surface area contributed by atoms with Crippen LogP contribution in [0.4, 0.5) is 0 Å². The molecule has 290 valence electrons. The number of carbonyl (C=O) groups excluding carboxylic acids is 3. The Morgan fingerprint density at radius 1 is 0.865 bits per heavy atom. The molecule has 1 amide bonds. The molecule has 0 bridgehead atoms. The van der Waals surface area contributed by atoms with Crippen molar-refractivity contribution in [3.05, 3.63) is 80.4 Å². The summed E-state index contributed by atoms with van der Waals surface area (Å²) in [6.45, 7) is 2.35. The van der Waals surface area contributed by atoms with Gasteiger partial charge in [-0.2, -0.15) is 0 Å². The van der Waals surface area contributed by atoms with Crippen molar-refractivity contribution in [2.24, 2.45) is 11.8 Å². The Balaban J connectivity index is 2.15. The molecule has 1 aromatic carbocycles. The number of hydrogen-bond donors (Lipinski definition) is 2. The Bertz CT molecular complexity index is 1280. The minimum absolute atomic E-state index is 0.00504. The molecule has 52 heavy (non-hydrogen) atoms. The van der Waals surface area contributed by atoms with Gasteiger partial charge in [0.25, 0.3) is 10.2 Å². The number of rotatable bonds is 28. The number of aliphatic hydroxyl groups is 1. The number of esters is 2. The zero-order chi connectivity index (χ0) is 38.0. The lowest BCUT2D eigenvalue weighted by Gasteiger charge is -2.24. The van der Waals surface area contributed by atoms with E-state index in [9.17, 15) is 39.7 Å². The van der Waals surface area contributed by atoms with Crippen LogP contribution in [-0.2, 0) is 40.0 Å². The number of ether oxygens (including phenoxy) is 2. The summed E-state index contributed by atoms with van der Waals surface area (Å²) in [7, 11) is 0. The number of amides is 1. The number of benzene rings is 1. The van der Waals surface area contributed by atoms with Crippen molar-refractivity contribution in [2.75, 3.05) is 19.8 Å². The summed E-state index contributed by atoms with van der Waals surface area (Å²) >= 11 is 0. The molecule has 0 aromatic heterocycles. The Morgan fingerprint density at radius 3 is 2.08 bits per heavy atom. The molecule has 1 aliphatic rings. The molecule has 5 atom stereocenters. The number of aliphatic hydroxyl groups excluding tert-OH is 1. The minimum Gasteiger partial charge on any atom is -0.462 e. The maximum Gasteiger partial charge on any atom is 0.306 e. The number of nitrogens with one attached hydrogen (secondary N) is 1. The Hall–Kier alpha value is -4.53. The topological polar surface area (TPSA) is 207 Å². The Morgan fingerprint density at radius 2 is 1.48 bits per heavy atom. The van der Waals surface area contributed by atoms with Gasteiger partial charge in [-0.15, -0.1) is 20.2 Å². The average Bonchev–Trinajstić information content (AvgIpc) is 3.41. The van der Waals surface area contributed by atoms with Crippen LogP contribution in [0.5, 0.6) is 0 Å². The van der Waals surface area contributed by atoms with Gasteiger partial charge in [-0.1, -0.05) is 67.5 Å². The number of unbranched alkanes of at least 4 members (excludes halogenated alkanes) is 5. The summed E-state index contributed by atoms with van der Waals surface area (Å²) in [5, 5.41) is 32.7. The van der Waals surface area contributed by atoms with Crippen LogP contribution in [0.2, 0.25) is 0 Å². The third kappa shape index (κ3) is 19.8. The van der Waals surface area contributed by atoms with Crippen LogP contribution in [-0.4, -0.2) is 71.2 Å². The van der Waals surface area contributed by atoms with Crippen molar-refractivity contribution >= 4 is 17.8 Å². The van der Waals surface area contributed by atoms with Crippen LogP contribution in [0.3, 0.4) is 0 Å². The van der Waals surface area contributed by atoms with Crippen molar-refractivity contribution in [1.29, 1.82) is 0 Å². The van der Waals surface area contributed by atoms with Crippen molar-refractivity contribution in [3.8, 4) is 0 Å². The van der Waals surface area contributed by atoms with E-state index >= 15 is 0 Å². The van der Waals surface area contributed by atoms with Crippen molar-refractivity contribution in [3.63, 3.8) is 0 Å². The van der Waals surface area contributed by atoms with Crippen molar-refractivity contribution in [2.45, 2.75) is 122 Å². The van der Waals surface area contributed by atoms with Crippen molar-refractivity contribution < 1.29 is 48.8 Å². The van der Waals surface area contributed by atoms with Crippen molar-refractivity contribution in [1.82, 2.24) is 5.32 Å². The number of aryl methyl sites for hydroxylation is 1. The van der Waals surface area contributed by atoms with E-state index in [0.29, 0.717) is 83.6 Å². The molecule has 0 heterocycles. The lowest BCUT2D eigenvalue weighted by atomic mass is 9.89. The van der Waals surface area contributed by atoms with Gasteiger partial charge in [-0.3, -0.25) is 14.4 Å². The summed E-state index contributed by atoms with van der Waals surface area (Å²) in [5.74, 6) is -1.51. The zero-order valence-corrected chi connectivity index (χ0v) is 30.1. The fourth-order valence-electron chi connectivity index (χ4n) is 6.10. The van der Waals surface area contributed by atoms with Crippen LogP contribution < -0.4 is 5.32 Å². The largest absolute Gasteiger partial charge is 0.462 e. The highest BCUT2D eigenvalue weighted by Crippen LogP contribution is 2.40. The highest BCUT2D eigenvalue weighted by atomic mass is 17.0. The molecular formula is C37H55N3O12. The van der Waals surface area contributed by atoms with E-state index < -0.39 is 40.4 Å². The molecule has 0 unspecified atom stereocenters. The normalized spacial score (nSPS) is 19.0. The average molecular weight is 734 g/mol. The molecule has 2 rings (SSSR count). The van der Waals surface area contributed by atoms with Gasteiger partial charge in [0.1, 0.15) is 12.2 Å². The Kier molecular flexibility index (Phi) is 22.0. The van der Waals surface area contributed by atoms with E-state index in [0.717, 1.165) is 5.56 Å². The lowest BCUT2D eigenvalue weighted by Crippen LogP contribution is -2.26. The molecule has 15 nitrogen and oxygen atoms in total. The highest BCUT2D eigenvalue weighted by molar-refractivity contribution is 5.75. The van der Waals surface area contributed by atoms with E-state index in [1.54, 1.807) is 6.08 Å². The number of hydrogen-bond acceptors (Lipinski definition) is 12. The number of carbonyl (C=O) groups is 3. The van der Waals surface area contributed by atoms with E-state index in [1.165, 1.54) is 0 Å². The maximum atomic E-state index is 13.0. The third-order valence-electron chi connectivity index (χ3n) is 8.73. The quantitative estimate of drug-likeness (QED) is 0.0345. The zero-order valence-electron chi connectivity index (χ0n) is 30.1. The second-order valence-electron chi connectivity index (χ2n) is 12.8. The molecule has 0 spiro atoms. The third-order valence-corrected chi connectivity index (χ3v) is 8.73. The molecule has 0 saturated heterocycles. The van der Waals surface area contributed by atoms with E-state index in [-0.39, 0.29) is 50.2 Å². The van der Waals surface area contributed by atoms with E-state index in [4.69, 9.17) is 9.47 Å². The van der Waals surface area contributed by atoms with Gasteiger partial charge < -0.3 is 29.6 Å². The van der Waals surface area contributed by atoms with Gasteiger partial charge in [-0.05, 0) is 70.3 Å². The Labute approximate surface area is 305 Å². The summed E-state index contributed by atoms with van der Waals surface area (Å²) in [6, 6.07) is 9.81. The van der Waals surface area contributed by atoms with Crippen LogP contribution in [0, 0.1) is 32.1 Å². The second kappa shape index (κ2) is 26.3. The fraction of sp³-hybridized carbons (Fsp3) is 0.649. The number of nitrogens with zero attached hydrogens (tertiary/aromatic N) is 2. The first-order valence-corrected chi connectivity index (χ1v) is 18.3. The molecule has 1 saturated carbocycles. The molecule has 1 aliphatic carbocycles. The van der Waals surface area contributed by atoms with Crippen LogP contribution >= 0.6 is 0 Å². The second-order valence-corrected chi connectivity index (χ2v) is 12.8. The maximum absolute atomic E-state index is 13.0. The summed E-state index contributed by atoms with van der Waals surface area (Å²) in [4.78, 5) is 67.1. The standard InChI is InChI=1S/C37H55N3O12/c1-2-38-35(42)19-11-4-3-10-18-31-32(25-24-30(41)23-22-29-16-8-5-9-17-29)34(52-37(44)21-13-7-15-27-50-40(47)48)28-33(31)51-36(43)20-12-6-14-26-49-39(45)46/h3,5,8-10,16-17,24-25,30-34,41H,2,4,6-7,11-15,18-23,26-28H2,1H3,(H,38,42)/b10-3-,25-24+/t30-,31+,32+,33-,34+/m0/s1.